The van der Waals surface area contributed by atoms with E-state index in [4.69, 9.17) is 4.74 Å². The van der Waals surface area contributed by atoms with Gasteiger partial charge in [0.15, 0.2) is 0 Å². The van der Waals surface area contributed by atoms with Gasteiger partial charge in [-0.15, -0.1) is 0 Å². The zero-order valence-corrected chi connectivity index (χ0v) is 20.0. The van der Waals surface area contributed by atoms with Crippen LogP contribution in [0.3, 0.4) is 0 Å². The number of methoxy groups -OCH3 is 1. The van der Waals surface area contributed by atoms with Crippen LogP contribution in [0.25, 0.3) is 21.8 Å². The average molecular weight is 464 g/mol. The second-order valence-electron chi connectivity index (χ2n) is 9.49. The molecule has 0 radical (unpaired) electrons. The lowest BCUT2D eigenvalue weighted by atomic mass is 9.82. The zero-order chi connectivity index (χ0) is 23.7. The second kappa shape index (κ2) is 9.62. The molecule has 2 aromatic heterocycles. The minimum Gasteiger partial charge on any atom is -0.497 e. The second-order valence-corrected chi connectivity index (χ2v) is 9.49. The van der Waals surface area contributed by atoms with E-state index < -0.39 is 0 Å². The molecule has 1 amide bonds. The molecule has 1 atom stereocenters. The lowest BCUT2D eigenvalue weighted by Gasteiger charge is -2.36. The molecule has 1 aliphatic heterocycles. The smallest absolute Gasteiger partial charge is 0.261 e. The van der Waals surface area contributed by atoms with E-state index in [2.05, 4.69) is 21.4 Å². The van der Waals surface area contributed by atoms with Crippen LogP contribution in [0.15, 0.2) is 40.8 Å². The molecule has 180 valence electrons. The number of hydrogen-bond donors (Lipinski definition) is 1. The first kappa shape index (κ1) is 22.7. The third kappa shape index (κ3) is 4.34. The number of ether oxygens (including phenoxy) is 1. The van der Waals surface area contributed by atoms with Crippen molar-refractivity contribution in [3.63, 3.8) is 0 Å². The summed E-state index contributed by atoms with van der Waals surface area (Å²) in [5, 5.41) is 8.73. The number of fused-ring (bicyclic) bond motifs is 4. The molecule has 1 aromatic carbocycles. The monoisotopic (exact) mass is 463 g/mol. The number of carbonyl (C=O) groups excluding carboxylic acids is 1. The maximum Gasteiger partial charge on any atom is 0.261 e. The van der Waals surface area contributed by atoms with Gasteiger partial charge in [0.25, 0.3) is 5.56 Å². The Morgan fingerprint density at radius 3 is 3.00 bits per heavy atom. The van der Waals surface area contributed by atoms with E-state index in [1.165, 1.54) is 25.7 Å². The Hall–Kier alpha value is -3.13. The molecule has 1 aliphatic carbocycles. The first-order valence-electron chi connectivity index (χ1n) is 12.3. The highest BCUT2D eigenvalue weighted by Gasteiger charge is 2.25. The predicted octanol–water partition coefficient (Wildman–Crippen LogP) is 2.84. The fraction of sp³-hybridized carbons (Fsp3) is 0.500. The molecule has 0 bridgehead atoms. The van der Waals surface area contributed by atoms with Crippen LogP contribution >= 0.6 is 0 Å². The Balaban J connectivity index is 1.23. The topological polar surface area (TPSA) is 81.4 Å². The number of likely N-dealkylation sites (tertiary alicyclic amines) is 1. The summed E-state index contributed by atoms with van der Waals surface area (Å²) in [6.07, 6.45) is 10.1. The van der Waals surface area contributed by atoms with Gasteiger partial charge in [-0.3, -0.25) is 19.2 Å². The summed E-state index contributed by atoms with van der Waals surface area (Å²) in [5.74, 6) is 1.40. The van der Waals surface area contributed by atoms with Crippen LogP contribution < -0.4 is 15.6 Å². The van der Waals surface area contributed by atoms with Gasteiger partial charge in [-0.1, -0.05) is 11.6 Å². The first-order chi connectivity index (χ1) is 16.5. The summed E-state index contributed by atoms with van der Waals surface area (Å²) in [6, 6.07) is 5.57. The van der Waals surface area contributed by atoms with E-state index in [0.29, 0.717) is 23.2 Å². The van der Waals surface area contributed by atoms with Gasteiger partial charge in [-0.05, 0) is 62.8 Å². The minimum absolute atomic E-state index is 0.0707. The molecule has 5 rings (SSSR count). The summed E-state index contributed by atoms with van der Waals surface area (Å²) in [6.45, 7) is 3.94. The summed E-state index contributed by atoms with van der Waals surface area (Å²) < 4.78 is 8.61. The van der Waals surface area contributed by atoms with Gasteiger partial charge in [0.2, 0.25) is 5.91 Å². The summed E-state index contributed by atoms with van der Waals surface area (Å²) >= 11 is 0. The number of rotatable bonds is 7. The summed E-state index contributed by atoms with van der Waals surface area (Å²) in [4.78, 5) is 28.0. The van der Waals surface area contributed by atoms with Crippen molar-refractivity contribution < 1.29 is 9.53 Å². The number of aryl methyl sites for hydroxylation is 1. The van der Waals surface area contributed by atoms with E-state index in [9.17, 15) is 9.59 Å². The highest BCUT2D eigenvalue weighted by Crippen LogP contribution is 2.31. The van der Waals surface area contributed by atoms with E-state index in [1.54, 1.807) is 35.2 Å². The number of hydrogen-bond acceptors (Lipinski definition) is 5. The highest BCUT2D eigenvalue weighted by molar-refractivity contribution is 6.04. The van der Waals surface area contributed by atoms with Crippen LogP contribution in [0.2, 0.25) is 0 Å². The first-order valence-corrected chi connectivity index (χ1v) is 12.3. The van der Waals surface area contributed by atoms with Crippen LogP contribution in [0.1, 0.15) is 32.1 Å². The molecule has 1 fully saturated rings. The van der Waals surface area contributed by atoms with Crippen molar-refractivity contribution >= 4 is 27.7 Å². The Kier molecular flexibility index (Phi) is 6.41. The molecular formula is C26H33N5O3. The van der Waals surface area contributed by atoms with Gasteiger partial charge in [-0.25, -0.2) is 0 Å². The molecule has 8 nitrogen and oxygen atoms in total. The van der Waals surface area contributed by atoms with Gasteiger partial charge in [0, 0.05) is 32.1 Å². The molecule has 3 heterocycles. The summed E-state index contributed by atoms with van der Waals surface area (Å²) in [7, 11) is 3.35. The van der Waals surface area contributed by atoms with Crippen molar-refractivity contribution in [1.29, 1.82) is 0 Å². The molecule has 1 saturated heterocycles. The van der Waals surface area contributed by atoms with Crippen molar-refractivity contribution in [2.75, 3.05) is 33.3 Å². The van der Waals surface area contributed by atoms with E-state index in [-0.39, 0.29) is 18.0 Å². The number of nitrogens with zero attached hydrogens (tertiary/aromatic N) is 4. The Morgan fingerprint density at radius 2 is 2.15 bits per heavy atom. The lowest BCUT2D eigenvalue weighted by molar-refractivity contribution is -0.121. The SMILES string of the molecule is COc1ccc2c(c1)c1c(cnn1CC(=O)NCCCN1CCC3CCCC=C3C1)c(=O)n2C. The van der Waals surface area contributed by atoms with E-state index in [1.807, 2.05) is 18.2 Å². The molecule has 8 heteroatoms. The molecule has 2 aliphatic rings. The summed E-state index contributed by atoms with van der Waals surface area (Å²) in [5.41, 5.74) is 2.94. The van der Waals surface area contributed by atoms with Crippen LogP contribution in [0, 0.1) is 5.92 Å². The largest absolute Gasteiger partial charge is 0.497 e. The molecule has 1 unspecified atom stereocenters. The van der Waals surface area contributed by atoms with Gasteiger partial charge in [0.05, 0.1) is 29.7 Å². The number of allylic oxidation sites excluding steroid dienone is 1. The Labute approximate surface area is 199 Å². The number of pyridine rings is 1. The maximum absolute atomic E-state index is 12.8. The van der Waals surface area contributed by atoms with Crippen molar-refractivity contribution in [2.24, 2.45) is 13.0 Å². The third-order valence-corrected chi connectivity index (χ3v) is 7.35. The van der Waals surface area contributed by atoms with Crippen molar-refractivity contribution in [2.45, 2.75) is 38.6 Å². The van der Waals surface area contributed by atoms with Crippen molar-refractivity contribution in [1.82, 2.24) is 24.6 Å². The van der Waals surface area contributed by atoms with Gasteiger partial charge in [-0.2, -0.15) is 5.10 Å². The number of benzene rings is 1. The average Bonchev–Trinajstić information content (AvgIpc) is 3.28. The number of piperidine rings is 1. The van der Waals surface area contributed by atoms with Crippen molar-refractivity contribution in [3.8, 4) is 5.75 Å². The molecule has 0 saturated carbocycles. The lowest BCUT2D eigenvalue weighted by Crippen LogP contribution is -2.38. The van der Waals surface area contributed by atoms with Gasteiger partial charge >= 0.3 is 0 Å². The van der Waals surface area contributed by atoms with Crippen LogP contribution in [-0.4, -0.2) is 58.4 Å². The molecule has 3 aromatic rings. The van der Waals surface area contributed by atoms with Gasteiger partial charge < -0.3 is 14.6 Å². The van der Waals surface area contributed by atoms with E-state index in [0.717, 1.165) is 42.9 Å². The standard InChI is InChI=1S/C26H33N5O3/c1-29-23-9-8-20(34-2)14-21(23)25-22(26(29)33)15-28-31(25)17-24(32)27-11-5-12-30-13-10-18-6-3-4-7-19(18)16-30/h7-9,14-15,18H,3-6,10-13,16-17H2,1-2H3,(H,27,32). The van der Waals surface area contributed by atoms with Gasteiger partial charge in [0.1, 0.15) is 12.3 Å². The predicted molar refractivity (Wildman–Crippen MR) is 133 cm³/mol. The zero-order valence-electron chi connectivity index (χ0n) is 20.0. The Bertz CT molecular complexity index is 1310. The van der Waals surface area contributed by atoms with Crippen LogP contribution in [0.4, 0.5) is 0 Å². The highest BCUT2D eigenvalue weighted by atomic mass is 16.5. The number of carbonyl (C=O) groups is 1. The number of aromatic nitrogens is 3. The third-order valence-electron chi connectivity index (χ3n) is 7.35. The quantitative estimate of drug-likeness (QED) is 0.431. The fourth-order valence-corrected chi connectivity index (χ4v) is 5.48. The minimum atomic E-state index is -0.129. The van der Waals surface area contributed by atoms with E-state index >= 15 is 0 Å². The number of nitrogens with one attached hydrogen (secondary N) is 1. The van der Waals surface area contributed by atoms with Crippen molar-refractivity contribution in [3.05, 3.63) is 46.4 Å². The molecular weight excluding hydrogens is 430 g/mol. The molecule has 34 heavy (non-hydrogen) atoms. The fourth-order valence-electron chi connectivity index (χ4n) is 5.48. The normalized spacial score (nSPS) is 18.6. The molecule has 1 N–H and O–H groups in total. The maximum atomic E-state index is 12.8. The van der Waals surface area contributed by atoms with Crippen LogP contribution in [-0.2, 0) is 18.4 Å². The molecule has 0 spiro atoms. The van der Waals surface area contributed by atoms with Crippen LogP contribution in [0.5, 0.6) is 5.75 Å². The number of amides is 1. The Morgan fingerprint density at radius 1 is 1.26 bits per heavy atom.